The van der Waals surface area contributed by atoms with Crippen LogP contribution < -0.4 is 12.4 Å². The molecule has 1 rings (SSSR count). The van der Waals surface area contributed by atoms with Crippen LogP contribution in [0.5, 0.6) is 0 Å². The average molecular weight is 247 g/mol. The van der Waals surface area contributed by atoms with E-state index in [1.807, 2.05) is 0 Å². The monoisotopic (exact) mass is 246 g/mol. The number of hydrogen-bond acceptors (Lipinski definition) is 3. The van der Waals surface area contributed by atoms with Crippen LogP contribution in [0, 0.1) is 6.92 Å². The molecule has 0 saturated heterocycles. The third-order valence-electron chi connectivity index (χ3n) is 2.47. The van der Waals surface area contributed by atoms with Crippen molar-refractivity contribution < 1.29 is 26.7 Å². The Morgan fingerprint density at radius 3 is 2.38 bits per heavy atom. The molecule has 0 unspecified atom stereocenters. The minimum atomic E-state index is -0.929. The Morgan fingerprint density at radius 1 is 1.44 bits per heavy atom. The highest BCUT2D eigenvalue weighted by molar-refractivity contribution is 5.88. The molecule has 0 fully saturated rings. The molecule has 0 aromatic carbocycles. The van der Waals surface area contributed by atoms with E-state index in [4.69, 9.17) is 9.52 Å². The lowest BCUT2D eigenvalue weighted by atomic mass is 10.2. The summed E-state index contributed by atoms with van der Waals surface area (Å²) in [5.74, 6) is 0.264. The third kappa shape index (κ3) is 3.54. The number of rotatable bonds is 5. The number of aryl methyl sites for hydroxylation is 1. The minimum absolute atomic E-state index is 0. The van der Waals surface area contributed by atoms with Gasteiger partial charge in [0, 0.05) is 0 Å². The Hall–Kier alpha value is -1.000. The van der Waals surface area contributed by atoms with Gasteiger partial charge < -0.3 is 21.9 Å². The van der Waals surface area contributed by atoms with Crippen molar-refractivity contribution in [1.29, 1.82) is 0 Å². The second-order valence-corrected chi connectivity index (χ2v) is 3.45. The van der Waals surface area contributed by atoms with Crippen molar-refractivity contribution in [3.8, 4) is 0 Å². The zero-order valence-corrected chi connectivity index (χ0v) is 10.5. The van der Waals surface area contributed by atoms with Gasteiger partial charge in [-0.25, -0.2) is 4.79 Å². The number of aromatic carboxylic acids is 1. The number of hydrogen-bond donors (Lipinski definition) is 1. The first kappa shape index (κ1) is 15.0. The maximum absolute atomic E-state index is 10.8. The van der Waals surface area contributed by atoms with Crippen molar-refractivity contribution in [2.45, 2.75) is 27.3 Å². The molecule has 1 aromatic rings. The van der Waals surface area contributed by atoms with Crippen molar-refractivity contribution >= 4 is 5.97 Å². The van der Waals surface area contributed by atoms with E-state index in [0.717, 1.165) is 13.1 Å². The van der Waals surface area contributed by atoms with Crippen molar-refractivity contribution in [3.63, 3.8) is 0 Å². The Morgan fingerprint density at radius 2 is 2.00 bits per heavy atom. The smallest absolute Gasteiger partial charge is 0.339 e. The van der Waals surface area contributed by atoms with Crippen LogP contribution in [0.2, 0.25) is 0 Å². The van der Waals surface area contributed by atoms with E-state index in [2.05, 4.69) is 18.7 Å². The number of carbonyl (C=O) groups is 1. The standard InChI is InChI=1S/C11H17NO3.ClH/c1-4-12(5-2)7-9-6-10(11(13)14)8(3)15-9;/h6H,4-5,7H2,1-3H3,(H,13,14);1H/p-1. The van der Waals surface area contributed by atoms with Crippen LogP contribution in [0.4, 0.5) is 0 Å². The van der Waals surface area contributed by atoms with Crippen molar-refractivity contribution in [2.24, 2.45) is 0 Å². The normalized spacial score (nSPS) is 10.2. The predicted octanol–water partition coefficient (Wildman–Crippen LogP) is -0.868. The molecule has 1 heterocycles. The first-order chi connectivity index (χ1) is 7.08. The zero-order valence-electron chi connectivity index (χ0n) is 9.79. The lowest BCUT2D eigenvalue weighted by molar-refractivity contribution is -0.0000201. The molecule has 0 aliphatic rings. The topological polar surface area (TPSA) is 53.7 Å². The SMILES string of the molecule is CCN(CC)Cc1cc(C(=O)O)c(C)o1.[Cl-]. The maximum Gasteiger partial charge on any atom is 0.339 e. The van der Waals surface area contributed by atoms with Crippen LogP contribution in [0.3, 0.4) is 0 Å². The summed E-state index contributed by atoms with van der Waals surface area (Å²) in [5.41, 5.74) is 0.261. The Labute approximate surface area is 102 Å². The van der Waals surface area contributed by atoms with Gasteiger partial charge in [-0.2, -0.15) is 0 Å². The van der Waals surface area contributed by atoms with Gasteiger partial charge in [-0.3, -0.25) is 4.90 Å². The first-order valence-corrected chi connectivity index (χ1v) is 5.13. The highest BCUT2D eigenvalue weighted by atomic mass is 35.5. The van der Waals surface area contributed by atoms with E-state index in [-0.39, 0.29) is 18.0 Å². The molecule has 0 aliphatic carbocycles. The molecule has 0 atom stereocenters. The lowest BCUT2D eigenvalue weighted by Gasteiger charge is -2.15. The fraction of sp³-hybridized carbons (Fsp3) is 0.545. The van der Waals surface area contributed by atoms with Gasteiger partial charge in [0.05, 0.1) is 6.54 Å². The number of carboxylic acids is 1. The molecule has 0 spiro atoms. The van der Waals surface area contributed by atoms with E-state index < -0.39 is 5.97 Å². The summed E-state index contributed by atoms with van der Waals surface area (Å²) >= 11 is 0. The molecule has 0 aliphatic heterocycles. The minimum Gasteiger partial charge on any atom is -1.00 e. The highest BCUT2D eigenvalue weighted by Gasteiger charge is 2.14. The first-order valence-electron chi connectivity index (χ1n) is 5.13. The second kappa shape index (κ2) is 6.55. The summed E-state index contributed by atoms with van der Waals surface area (Å²) in [5, 5.41) is 8.85. The molecular formula is C11H17ClNO3-. The fourth-order valence-corrected chi connectivity index (χ4v) is 1.50. The molecule has 0 amide bonds. The molecule has 16 heavy (non-hydrogen) atoms. The number of halogens is 1. The van der Waals surface area contributed by atoms with Gasteiger partial charge in [-0.05, 0) is 26.1 Å². The average Bonchev–Trinajstić information content (AvgIpc) is 2.56. The quantitative estimate of drug-likeness (QED) is 0.734. The largest absolute Gasteiger partial charge is 1.00 e. The van der Waals surface area contributed by atoms with Crippen LogP contribution in [-0.4, -0.2) is 29.1 Å². The van der Waals surface area contributed by atoms with Gasteiger partial charge in [0.25, 0.3) is 0 Å². The Balaban J connectivity index is 0.00000225. The number of nitrogens with zero attached hydrogens (tertiary/aromatic N) is 1. The summed E-state index contributed by atoms with van der Waals surface area (Å²) in [6.07, 6.45) is 0. The summed E-state index contributed by atoms with van der Waals surface area (Å²) in [4.78, 5) is 13.0. The number of carboxylic acid groups (broad SMARTS) is 1. The summed E-state index contributed by atoms with van der Waals surface area (Å²) < 4.78 is 5.39. The van der Waals surface area contributed by atoms with E-state index >= 15 is 0 Å². The van der Waals surface area contributed by atoms with Crippen LogP contribution in [-0.2, 0) is 6.54 Å². The molecule has 92 valence electrons. The van der Waals surface area contributed by atoms with Gasteiger partial charge in [-0.15, -0.1) is 0 Å². The van der Waals surface area contributed by atoms with Crippen LogP contribution in [0.1, 0.15) is 35.7 Å². The van der Waals surface area contributed by atoms with E-state index in [1.54, 1.807) is 13.0 Å². The van der Waals surface area contributed by atoms with E-state index in [0.29, 0.717) is 18.1 Å². The molecule has 0 bridgehead atoms. The molecule has 1 N–H and O–H groups in total. The summed E-state index contributed by atoms with van der Waals surface area (Å²) in [6.45, 7) is 8.34. The van der Waals surface area contributed by atoms with Crippen LogP contribution >= 0.6 is 0 Å². The zero-order chi connectivity index (χ0) is 11.4. The number of furan rings is 1. The van der Waals surface area contributed by atoms with E-state index in [1.165, 1.54) is 0 Å². The van der Waals surface area contributed by atoms with Crippen molar-refractivity contribution in [3.05, 3.63) is 23.2 Å². The summed E-state index contributed by atoms with van der Waals surface area (Å²) in [6, 6.07) is 1.61. The van der Waals surface area contributed by atoms with Crippen molar-refractivity contribution in [1.82, 2.24) is 4.90 Å². The van der Waals surface area contributed by atoms with Crippen LogP contribution in [0.15, 0.2) is 10.5 Å². The van der Waals surface area contributed by atoms with Gasteiger partial charge in [0.1, 0.15) is 17.1 Å². The van der Waals surface area contributed by atoms with Gasteiger partial charge in [0.2, 0.25) is 0 Å². The molecule has 4 nitrogen and oxygen atoms in total. The molecule has 5 heteroatoms. The predicted molar refractivity (Wildman–Crippen MR) is 57.0 cm³/mol. The van der Waals surface area contributed by atoms with E-state index in [9.17, 15) is 4.79 Å². The Kier molecular flexibility index (Phi) is 6.14. The van der Waals surface area contributed by atoms with Crippen LogP contribution in [0.25, 0.3) is 0 Å². The lowest BCUT2D eigenvalue weighted by Crippen LogP contribution is -3.00. The second-order valence-electron chi connectivity index (χ2n) is 3.45. The van der Waals surface area contributed by atoms with Gasteiger partial charge in [-0.1, -0.05) is 13.8 Å². The maximum atomic E-state index is 10.8. The fourth-order valence-electron chi connectivity index (χ4n) is 1.50. The van der Waals surface area contributed by atoms with Gasteiger partial charge in [0.15, 0.2) is 0 Å². The summed E-state index contributed by atoms with van der Waals surface area (Å²) in [7, 11) is 0. The molecule has 0 saturated carbocycles. The Bertz CT molecular complexity index is 345. The molecule has 1 aromatic heterocycles. The third-order valence-corrected chi connectivity index (χ3v) is 2.47. The van der Waals surface area contributed by atoms with Crippen molar-refractivity contribution in [2.75, 3.05) is 13.1 Å². The molecular weight excluding hydrogens is 230 g/mol. The molecule has 0 radical (unpaired) electrons. The highest BCUT2D eigenvalue weighted by Crippen LogP contribution is 2.16. The van der Waals surface area contributed by atoms with Gasteiger partial charge >= 0.3 is 5.97 Å².